The number of nitriles is 1. The van der Waals surface area contributed by atoms with E-state index in [2.05, 4.69) is 24.0 Å². The van der Waals surface area contributed by atoms with Gasteiger partial charge in [-0.1, -0.05) is 25.5 Å². The average molecular weight is 200 g/mol. The highest BCUT2D eigenvalue weighted by atomic mass is 15.2. The van der Waals surface area contributed by atoms with Gasteiger partial charge in [0, 0.05) is 19.6 Å². The van der Waals surface area contributed by atoms with Gasteiger partial charge >= 0.3 is 0 Å². The fourth-order valence-corrected chi connectivity index (χ4v) is 2.06. The molecular formula is C13H16N2. The molecule has 2 rings (SSSR count). The largest absolute Gasteiger partial charge is 0.298 e. The minimum absolute atomic E-state index is 0.764. The van der Waals surface area contributed by atoms with Gasteiger partial charge in [-0.3, -0.25) is 4.90 Å². The maximum Gasteiger partial charge on any atom is 0.0991 e. The van der Waals surface area contributed by atoms with E-state index in [1.165, 1.54) is 25.1 Å². The third kappa shape index (κ3) is 2.37. The number of benzene rings is 1. The molecule has 0 bridgehead atoms. The molecule has 1 fully saturated rings. The molecule has 0 spiro atoms. The molecule has 1 aliphatic rings. The Balaban J connectivity index is 1.92. The van der Waals surface area contributed by atoms with E-state index in [1.807, 2.05) is 18.2 Å². The highest BCUT2D eigenvalue weighted by molar-refractivity contribution is 5.32. The van der Waals surface area contributed by atoms with Crippen molar-refractivity contribution in [2.75, 3.05) is 13.1 Å². The predicted molar refractivity (Wildman–Crippen MR) is 60.2 cm³/mol. The summed E-state index contributed by atoms with van der Waals surface area (Å²) in [5.41, 5.74) is 2.02. The van der Waals surface area contributed by atoms with Crippen molar-refractivity contribution in [3.63, 3.8) is 0 Å². The molecule has 0 radical (unpaired) electrons. The first-order valence-corrected chi connectivity index (χ1v) is 5.53. The van der Waals surface area contributed by atoms with E-state index in [0.717, 1.165) is 18.0 Å². The lowest BCUT2D eigenvalue weighted by atomic mass is 9.96. The summed E-state index contributed by atoms with van der Waals surface area (Å²) in [5.74, 6) is 0.893. The van der Waals surface area contributed by atoms with E-state index in [1.54, 1.807) is 0 Å². The quantitative estimate of drug-likeness (QED) is 0.749. The van der Waals surface area contributed by atoms with Gasteiger partial charge in [0.25, 0.3) is 0 Å². The molecule has 1 saturated heterocycles. The van der Waals surface area contributed by atoms with Crippen LogP contribution in [0.2, 0.25) is 0 Å². The van der Waals surface area contributed by atoms with Crippen molar-refractivity contribution in [3.8, 4) is 6.07 Å². The molecule has 0 amide bonds. The zero-order valence-electron chi connectivity index (χ0n) is 9.11. The number of nitrogens with zero attached hydrogens (tertiary/aromatic N) is 2. The first-order chi connectivity index (χ1) is 7.31. The second-order valence-corrected chi connectivity index (χ2v) is 4.28. The first kappa shape index (κ1) is 10.2. The van der Waals surface area contributed by atoms with E-state index in [0.29, 0.717) is 0 Å². The van der Waals surface area contributed by atoms with Crippen LogP contribution in [0, 0.1) is 17.2 Å². The molecule has 0 atom stereocenters. The minimum atomic E-state index is 0.764. The Kier molecular flexibility index (Phi) is 3.03. The van der Waals surface area contributed by atoms with E-state index >= 15 is 0 Å². The third-order valence-electron chi connectivity index (χ3n) is 3.07. The van der Waals surface area contributed by atoms with Crippen LogP contribution in [0.15, 0.2) is 24.3 Å². The molecular weight excluding hydrogens is 184 g/mol. The van der Waals surface area contributed by atoms with E-state index in [9.17, 15) is 0 Å². The van der Waals surface area contributed by atoms with Gasteiger partial charge in [-0.15, -0.1) is 0 Å². The van der Waals surface area contributed by atoms with Gasteiger partial charge in [0.1, 0.15) is 0 Å². The van der Waals surface area contributed by atoms with Gasteiger partial charge in [0.2, 0.25) is 0 Å². The number of rotatable bonds is 3. The maximum atomic E-state index is 8.78. The minimum Gasteiger partial charge on any atom is -0.298 e. The Labute approximate surface area is 91.1 Å². The van der Waals surface area contributed by atoms with Crippen molar-refractivity contribution in [1.82, 2.24) is 4.90 Å². The van der Waals surface area contributed by atoms with Crippen LogP contribution in [-0.4, -0.2) is 18.0 Å². The molecule has 15 heavy (non-hydrogen) atoms. The zero-order valence-corrected chi connectivity index (χ0v) is 9.11. The molecule has 0 N–H and O–H groups in total. The van der Waals surface area contributed by atoms with Gasteiger partial charge in [0.15, 0.2) is 0 Å². The second kappa shape index (κ2) is 4.46. The Hall–Kier alpha value is -1.33. The monoisotopic (exact) mass is 200 g/mol. The molecule has 2 nitrogen and oxygen atoms in total. The normalized spacial score (nSPS) is 17.1. The maximum absolute atomic E-state index is 8.78. The summed E-state index contributed by atoms with van der Waals surface area (Å²) in [6.07, 6.45) is 1.29. The Morgan fingerprint density at radius 1 is 1.47 bits per heavy atom. The fourth-order valence-electron chi connectivity index (χ4n) is 2.06. The van der Waals surface area contributed by atoms with Gasteiger partial charge in [0.05, 0.1) is 11.6 Å². The summed E-state index contributed by atoms with van der Waals surface area (Å²) < 4.78 is 0. The highest BCUT2D eigenvalue weighted by Gasteiger charge is 2.24. The van der Waals surface area contributed by atoms with Crippen molar-refractivity contribution >= 4 is 0 Å². The number of likely N-dealkylation sites (tertiary alicyclic amines) is 1. The Bertz CT molecular complexity index is 372. The van der Waals surface area contributed by atoms with Crippen molar-refractivity contribution in [2.24, 2.45) is 5.92 Å². The summed E-state index contributed by atoms with van der Waals surface area (Å²) in [5, 5.41) is 8.78. The lowest BCUT2D eigenvalue weighted by Crippen LogP contribution is -2.45. The second-order valence-electron chi connectivity index (χ2n) is 4.28. The molecule has 0 unspecified atom stereocenters. The van der Waals surface area contributed by atoms with Crippen LogP contribution in [0.1, 0.15) is 24.5 Å². The smallest absolute Gasteiger partial charge is 0.0991 e. The first-order valence-electron chi connectivity index (χ1n) is 5.53. The number of hydrogen-bond donors (Lipinski definition) is 0. The van der Waals surface area contributed by atoms with Crippen LogP contribution in [0.5, 0.6) is 0 Å². The van der Waals surface area contributed by atoms with E-state index < -0.39 is 0 Å². The van der Waals surface area contributed by atoms with Crippen molar-refractivity contribution in [3.05, 3.63) is 35.4 Å². The molecule has 0 aliphatic carbocycles. The predicted octanol–water partition coefficient (Wildman–Crippen LogP) is 2.40. The zero-order chi connectivity index (χ0) is 10.7. The Morgan fingerprint density at radius 2 is 2.27 bits per heavy atom. The van der Waals surface area contributed by atoms with Crippen LogP contribution < -0.4 is 0 Å². The molecule has 2 heteroatoms. The fraction of sp³-hybridized carbons (Fsp3) is 0.462. The summed E-state index contributed by atoms with van der Waals surface area (Å²) in [4.78, 5) is 2.44. The summed E-state index contributed by atoms with van der Waals surface area (Å²) in [6.45, 7) is 5.67. The van der Waals surface area contributed by atoms with E-state index in [-0.39, 0.29) is 0 Å². The summed E-state index contributed by atoms with van der Waals surface area (Å²) in [6, 6.07) is 10.1. The van der Waals surface area contributed by atoms with Crippen molar-refractivity contribution in [2.45, 2.75) is 19.9 Å². The lowest BCUT2D eigenvalue weighted by Gasteiger charge is -2.38. The van der Waals surface area contributed by atoms with Crippen molar-refractivity contribution < 1.29 is 0 Å². The molecule has 1 aromatic rings. The van der Waals surface area contributed by atoms with Crippen LogP contribution in [-0.2, 0) is 6.54 Å². The van der Waals surface area contributed by atoms with Gasteiger partial charge in [-0.2, -0.15) is 5.26 Å². The molecule has 1 aromatic carbocycles. The van der Waals surface area contributed by atoms with Gasteiger partial charge < -0.3 is 0 Å². The SMILES string of the molecule is CCC1CN(Cc2cccc(C#N)c2)C1. The van der Waals surface area contributed by atoms with Crippen LogP contribution in [0.25, 0.3) is 0 Å². The van der Waals surface area contributed by atoms with Gasteiger partial charge in [-0.25, -0.2) is 0 Å². The molecule has 0 saturated carbocycles. The third-order valence-corrected chi connectivity index (χ3v) is 3.07. The topological polar surface area (TPSA) is 27.0 Å². The number of hydrogen-bond acceptors (Lipinski definition) is 2. The molecule has 1 heterocycles. The van der Waals surface area contributed by atoms with Crippen LogP contribution in [0.3, 0.4) is 0 Å². The molecule has 78 valence electrons. The molecule has 0 aromatic heterocycles. The van der Waals surface area contributed by atoms with E-state index in [4.69, 9.17) is 5.26 Å². The lowest BCUT2D eigenvalue weighted by molar-refractivity contribution is 0.0899. The summed E-state index contributed by atoms with van der Waals surface area (Å²) in [7, 11) is 0. The Morgan fingerprint density at radius 3 is 2.93 bits per heavy atom. The van der Waals surface area contributed by atoms with Crippen LogP contribution >= 0.6 is 0 Å². The average Bonchev–Trinajstić information content (AvgIpc) is 2.23. The van der Waals surface area contributed by atoms with Crippen LogP contribution in [0.4, 0.5) is 0 Å². The van der Waals surface area contributed by atoms with Crippen molar-refractivity contribution in [1.29, 1.82) is 5.26 Å². The standard InChI is InChI=1S/C13H16N2/c1-2-11-8-15(9-11)10-13-5-3-4-12(6-13)7-14/h3-6,11H,2,8-10H2,1H3. The summed E-state index contributed by atoms with van der Waals surface area (Å²) >= 11 is 0. The highest BCUT2D eigenvalue weighted by Crippen LogP contribution is 2.21. The molecule has 1 aliphatic heterocycles. The van der Waals surface area contributed by atoms with Gasteiger partial charge in [-0.05, 0) is 23.6 Å².